The molecule has 1 heterocycles. The lowest BCUT2D eigenvalue weighted by Gasteiger charge is -2.34. The summed E-state index contributed by atoms with van der Waals surface area (Å²) in [6, 6.07) is 0. The van der Waals surface area contributed by atoms with E-state index >= 15 is 0 Å². The van der Waals surface area contributed by atoms with E-state index in [-0.39, 0.29) is 26.2 Å². The van der Waals surface area contributed by atoms with Crippen molar-refractivity contribution in [1.29, 1.82) is 0 Å². The summed E-state index contributed by atoms with van der Waals surface area (Å²) in [5.41, 5.74) is 0. The molecule has 1 saturated heterocycles. The van der Waals surface area contributed by atoms with Gasteiger partial charge in [0.15, 0.2) is 0 Å². The fraction of sp³-hybridized carbons (Fsp3) is 0.833. The van der Waals surface area contributed by atoms with Crippen LogP contribution in [0.3, 0.4) is 0 Å². The van der Waals surface area contributed by atoms with Crippen LogP contribution < -0.4 is 0 Å². The molecule has 0 atom stereocenters. The third kappa shape index (κ3) is 3.52. The van der Waals surface area contributed by atoms with Crippen LogP contribution in [0.5, 0.6) is 0 Å². The Balaban J connectivity index is 2.56. The van der Waals surface area contributed by atoms with Crippen molar-refractivity contribution in [3.63, 3.8) is 0 Å². The van der Waals surface area contributed by atoms with Crippen LogP contribution in [0.4, 0.5) is 13.2 Å². The van der Waals surface area contributed by atoms with E-state index in [2.05, 4.69) is 0 Å². The maximum absolute atomic E-state index is 12.1. The van der Waals surface area contributed by atoms with E-state index in [0.717, 1.165) is 4.67 Å². The zero-order valence-corrected chi connectivity index (χ0v) is 10.3. The Morgan fingerprint density at radius 2 is 1.56 bits per heavy atom. The van der Waals surface area contributed by atoms with Crippen molar-refractivity contribution < 1.29 is 22.5 Å². The van der Waals surface area contributed by atoms with Gasteiger partial charge in [-0.15, -0.1) is 0 Å². The van der Waals surface area contributed by atoms with E-state index in [1.807, 2.05) is 0 Å². The van der Waals surface area contributed by atoms with Crippen molar-refractivity contribution in [2.45, 2.75) is 6.18 Å². The number of halogens is 5. The monoisotopic (exact) mass is 298 g/mol. The number of rotatable bonds is 1. The summed E-state index contributed by atoms with van der Waals surface area (Å²) in [6.07, 6.45) is -4.88. The first kappa shape index (κ1) is 14.1. The highest BCUT2D eigenvalue weighted by atomic mass is 35.9. The van der Waals surface area contributed by atoms with Gasteiger partial charge in [0.2, 0.25) is 0 Å². The Kier molecular flexibility index (Phi) is 4.16. The number of amides is 1. The summed E-state index contributed by atoms with van der Waals surface area (Å²) in [4.78, 5) is 11.5. The van der Waals surface area contributed by atoms with Crippen molar-refractivity contribution in [3.05, 3.63) is 0 Å². The van der Waals surface area contributed by atoms with Crippen molar-refractivity contribution in [2.24, 2.45) is 0 Å². The van der Waals surface area contributed by atoms with Gasteiger partial charge >= 0.3 is 18.1 Å². The highest BCUT2D eigenvalue weighted by molar-refractivity contribution is 8.06. The molecule has 0 aliphatic carbocycles. The lowest BCUT2D eigenvalue weighted by atomic mass is 10.3. The molecule has 0 N–H and O–H groups in total. The molecule has 4 nitrogen and oxygen atoms in total. The number of hydrogen-bond donors (Lipinski definition) is 0. The SMILES string of the molecule is O=C(N1CCN(P(=O)(Cl)Cl)CC1)C(F)(F)F. The molecule has 0 aromatic rings. The van der Waals surface area contributed by atoms with Gasteiger partial charge in [-0.3, -0.25) is 9.36 Å². The molecule has 1 aliphatic rings. The van der Waals surface area contributed by atoms with Gasteiger partial charge in [-0.2, -0.15) is 13.2 Å². The van der Waals surface area contributed by atoms with Gasteiger partial charge in [0.1, 0.15) is 0 Å². The molecule has 0 saturated carbocycles. The van der Waals surface area contributed by atoms with Gasteiger partial charge in [-0.05, 0) is 22.5 Å². The molecule has 1 aliphatic heterocycles. The van der Waals surface area contributed by atoms with Gasteiger partial charge in [0, 0.05) is 26.2 Å². The molecular weight excluding hydrogens is 291 g/mol. The molecule has 1 fully saturated rings. The van der Waals surface area contributed by atoms with Crippen molar-refractivity contribution in [2.75, 3.05) is 26.2 Å². The fourth-order valence-corrected chi connectivity index (χ4v) is 2.86. The second-order valence-electron chi connectivity index (χ2n) is 3.18. The molecule has 1 amide bonds. The smallest absolute Gasteiger partial charge is 0.332 e. The molecule has 0 radical (unpaired) electrons. The zero-order valence-electron chi connectivity index (χ0n) is 7.88. The van der Waals surface area contributed by atoms with E-state index in [1.165, 1.54) is 0 Å². The van der Waals surface area contributed by atoms with Crippen LogP contribution in [-0.4, -0.2) is 47.8 Å². The molecule has 0 aromatic heterocycles. The van der Waals surface area contributed by atoms with E-state index in [9.17, 15) is 22.5 Å². The number of piperazine rings is 1. The fourth-order valence-electron chi connectivity index (χ4n) is 1.31. The van der Waals surface area contributed by atoms with E-state index in [1.54, 1.807) is 0 Å². The number of carbonyl (C=O) groups is 1. The molecule has 1 rings (SSSR count). The molecule has 0 aromatic carbocycles. The summed E-state index contributed by atoms with van der Waals surface area (Å²) in [7, 11) is 0. The Bertz CT molecular complexity index is 324. The molecule has 0 spiro atoms. The van der Waals surface area contributed by atoms with Crippen LogP contribution in [0.25, 0.3) is 0 Å². The first-order valence-electron chi connectivity index (χ1n) is 4.23. The second kappa shape index (κ2) is 4.72. The maximum atomic E-state index is 12.1. The van der Waals surface area contributed by atoms with Gasteiger partial charge in [0.05, 0.1) is 0 Å². The average molecular weight is 299 g/mol. The van der Waals surface area contributed by atoms with Crippen molar-refractivity contribution in [1.82, 2.24) is 9.57 Å². The summed E-state index contributed by atoms with van der Waals surface area (Å²) in [5.74, 6) is -5.38. The first-order chi connectivity index (χ1) is 7.12. The van der Waals surface area contributed by atoms with Gasteiger partial charge in [0.25, 0.3) is 0 Å². The zero-order chi connectivity index (χ0) is 12.6. The normalized spacial score (nSPS) is 19.9. The minimum absolute atomic E-state index is 0.0356. The van der Waals surface area contributed by atoms with Crippen LogP contribution in [0, 0.1) is 0 Å². The number of alkyl halides is 3. The quantitative estimate of drug-likeness (QED) is 0.697. The topological polar surface area (TPSA) is 40.6 Å². The summed E-state index contributed by atoms with van der Waals surface area (Å²) in [5, 5.41) is 0. The van der Waals surface area contributed by atoms with Crippen molar-refractivity contribution in [3.8, 4) is 0 Å². The Morgan fingerprint density at radius 1 is 1.12 bits per heavy atom. The standard InChI is InChI=1S/C6H8Cl2F3N2O2P/c7-16(8,15)13-3-1-12(2-4-13)5(14)6(9,10)11/h1-4H2. The van der Waals surface area contributed by atoms with E-state index in [0.29, 0.717) is 4.90 Å². The van der Waals surface area contributed by atoms with Gasteiger partial charge < -0.3 is 4.90 Å². The molecule has 10 heteroatoms. The Labute approximate surface area is 99.3 Å². The predicted octanol–water partition coefficient (Wildman–Crippen LogP) is 2.28. The summed E-state index contributed by atoms with van der Waals surface area (Å²) in [6.45, 7) is -0.457. The second-order valence-corrected chi connectivity index (χ2v) is 7.88. The van der Waals surface area contributed by atoms with Crippen LogP contribution in [-0.2, 0) is 9.36 Å². The minimum Gasteiger partial charge on any atom is -0.332 e. The summed E-state index contributed by atoms with van der Waals surface area (Å²) < 4.78 is 48.5. The molecule has 0 bridgehead atoms. The molecule has 94 valence electrons. The average Bonchev–Trinajstić information content (AvgIpc) is 2.14. The number of carbonyl (C=O) groups excluding carboxylic acids is 1. The van der Waals surface area contributed by atoms with Crippen LogP contribution >= 0.6 is 28.5 Å². The first-order valence-corrected chi connectivity index (χ1v) is 7.70. The molecule has 16 heavy (non-hydrogen) atoms. The maximum Gasteiger partial charge on any atom is 0.471 e. The van der Waals surface area contributed by atoms with E-state index in [4.69, 9.17) is 22.5 Å². The number of hydrogen-bond acceptors (Lipinski definition) is 2. The Hall–Kier alpha value is 0.0300. The lowest BCUT2D eigenvalue weighted by Crippen LogP contribution is -2.50. The number of nitrogens with zero attached hydrogens (tertiary/aromatic N) is 2. The largest absolute Gasteiger partial charge is 0.471 e. The molecule has 0 unspecified atom stereocenters. The molecular formula is C6H8Cl2F3N2O2P. The highest BCUT2D eigenvalue weighted by Gasteiger charge is 2.44. The van der Waals surface area contributed by atoms with Crippen LogP contribution in [0.2, 0.25) is 0 Å². The minimum atomic E-state index is -4.88. The Morgan fingerprint density at radius 3 is 1.88 bits per heavy atom. The third-order valence-electron chi connectivity index (χ3n) is 2.12. The van der Waals surface area contributed by atoms with Gasteiger partial charge in [-0.25, -0.2) is 4.67 Å². The highest BCUT2D eigenvalue weighted by Crippen LogP contribution is 2.59. The van der Waals surface area contributed by atoms with Crippen LogP contribution in [0.1, 0.15) is 0 Å². The lowest BCUT2D eigenvalue weighted by molar-refractivity contribution is -0.186. The predicted molar refractivity (Wildman–Crippen MR) is 53.5 cm³/mol. The van der Waals surface area contributed by atoms with Crippen LogP contribution in [0.15, 0.2) is 0 Å². The third-order valence-corrected chi connectivity index (χ3v) is 4.46. The van der Waals surface area contributed by atoms with E-state index < -0.39 is 18.1 Å². The van der Waals surface area contributed by atoms with Crippen molar-refractivity contribution >= 4 is 34.4 Å². The van der Waals surface area contributed by atoms with Gasteiger partial charge in [-0.1, -0.05) is 0 Å². The summed E-state index contributed by atoms with van der Waals surface area (Å²) >= 11 is 10.7.